The normalized spacial score (nSPS) is 22.7. The Morgan fingerprint density at radius 3 is 2.56 bits per heavy atom. The average molecular weight is 679 g/mol. The summed E-state index contributed by atoms with van der Waals surface area (Å²) in [5.74, 6) is 1.94. The van der Waals surface area contributed by atoms with Crippen LogP contribution in [0, 0.1) is 5.92 Å². The molecule has 2 aliphatic heterocycles. The lowest BCUT2D eigenvalue weighted by Gasteiger charge is -2.38. The predicted octanol–water partition coefficient (Wildman–Crippen LogP) is 4.81. The second-order valence-electron chi connectivity index (χ2n) is 12.9. The van der Waals surface area contributed by atoms with Gasteiger partial charge in [-0.2, -0.15) is 0 Å². The Balaban J connectivity index is 1.03. The Bertz CT molecular complexity index is 1580. The van der Waals surface area contributed by atoms with Crippen molar-refractivity contribution in [1.82, 2.24) is 44.9 Å². The fourth-order valence-corrected chi connectivity index (χ4v) is 6.90. The molecular formula is C33H43ClN10O4. The van der Waals surface area contributed by atoms with Crippen molar-refractivity contribution in [3.05, 3.63) is 48.1 Å². The van der Waals surface area contributed by atoms with Gasteiger partial charge in [0.05, 0.1) is 50.2 Å². The highest BCUT2D eigenvalue weighted by atomic mass is 35.5. The smallest absolute Gasteiger partial charge is 0.256 e. The SMILES string of the molecule is C[C@@H](Cn1cnnn1)Oc1cc(-c2cnc(Nc3cn([C@H]4CC[C@H](N5CCOCC5)CC4)nc3OC[C@H]3CCCOC3)nc2)ccc1Cl. The molecule has 3 aliphatic rings. The van der Waals surface area contributed by atoms with Crippen LogP contribution in [0.25, 0.3) is 11.1 Å². The zero-order valence-corrected chi connectivity index (χ0v) is 28.0. The van der Waals surface area contributed by atoms with Gasteiger partial charge in [-0.25, -0.2) is 14.6 Å². The molecule has 5 heterocycles. The maximum Gasteiger partial charge on any atom is 0.256 e. The number of tetrazole rings is 1. The molecule has 4 aromatic rings. The molecule has 7 rings (SSSR count). The van der Waals surface area contributed by atoms with Gasteiger partial charge in [-0.3, -0.25) is 9.58 Å². The van der Waals surface area contributed by atoms with E-state index in [0.717, 1.165) is 94.9 Å². The molecule has 1 N–H and O–H groups in total. The van der Waals surface area contributed by atoms with Crippen LogP contribution in [0.4, 0.5) is 11.6 Å². The monoisotopic (exact) mass is 678 g/mol. The standard InChI is InChI=1S/C33H43ClN10O4/c1-23(18-43-22-37-40-41-43)48-31-15-25(4-9-29(31)34)26-16-35-33(36-17-26)38-30-19-44(39-32(30)47-21-24-3-2-12-46-20-24)28-7-5-27(6-8-28)42-10-13-45-14-11-42/h4,9,15-17,19,22-24,27-28H,2-3,5-8,10-14,18,20-21H2,1H3,(H,35,36,38)/t23-,24-,27-,28-/m0/s1. The molecule has 0 spiro atoms. The van der Waals surface area contributed by atoms with Gasteiger partial charge in [0, 0.05) is 49.6 Å². The molecule has 3 fully saturated rings. The predicted molar refractivity (Wildman–Crippen MR) is 179 cm³/mol. The zero-order chi connectivity index (χ0) is 32.7. The molecule has 14 nitrogen and oxygen atoms in total. The average Bonchev–Trinajstić information content (AvgIpc) is 3.79. The minimum atomic E-state index is -0.202. The van der Waals surface area contributed by atoms with E-state index in [9.17, 15) is 0 Å². The molecule has 2 saturated heterocycles. The first-order valence-electron chi connectivity index (χ1n) is 17.0. The number of nitrogens with one attached hydrogen (secondary N) is 1. The van der Waals surface area contributed by atoms with Gasteiger partial charge in [-0.05, 0) is 73.6 Å². The van der Waals surface area contributed by atoms with Crippen LogP contribution in [0.5, 0.6) is 11.6 Å². The first kappa shape index (κ1) is 32.7. The fourth-order valence-electron chi connectivity index (χ4n) is 6.74. The Morgan fingerprint density at radius 2 is 1.81 bits per heavy atom. The van der Waals surface area contributed by atoms with E-state index in [1.54, 1.807) is 23.4 Å². The second-order valence-corrected chi connectivity index (χ2v) is 13.3. The number of halogens is 1. The summed E-state index contributed by atoms with van der Waals surface area (Å²) in [6, 6.07) is 6.56. The lowest BCUT2D eigenvalue weighted by molar-refractivity contribution is 0.00498. The number of hydrogen-bond donors (Lipinski definition) is 1. The highest BCUT2D eigenvalue weighted by Gasteiger charge is 2.29. The maximum atomic E-state index is 6.47. The van der Waals surface area contributed by atoms with Crippen LogP contribution in [0.1, 0.15) is 51.5 Å². The third-order valence-electron chi connectivity index (χ3n) is 9.34. The van der Waals surface area contributed by atoms with Crippen molar-refractivity contribution in [2.45, 2.75) is 70.2 Å². The van der Waals surface area contributed by atoms with E-state index >= 15 is 0 Å². The molecule has 1 aliphatic carbocycles. The molecule has 0 radical (unpaired) electrons. The minimum absolute atomic E-state index is 0.202. The van der Waals surface area contributed by atoms with Gasteiger partial charge in [-0.15, -0.1) is 10.2 Å². The van der Waals surface area contributed by atoms with E-state index < -0.39 is 0 Å². The van der Waals surface area contributed by atoms with Crippen LogP contribution >= 0.6 is 11.6 Å². The molecule has 0 bridgehead atoms. The van der Waals surface area contributed by atoms with Crippen LogP contribution in [-0.4, -0.2) is 103 Å². The molecule has 2 atom stereocenters. The summed E-state index contributed by atoms with van der Waals surface area (Å²) in [6.45, 7) is 8.26. The molecule has 256 valence electrons. The summed E-state index contributed by atoms with van der Waals surface area (Å²) in [5, 5.41) is 20.1. The maximum absolute atomic E-state index is 6.47. The molecule has 1 saturated carbocycles. The van der Waals surface area contributed by atoms with Crippen LogP contribution in [0.3, 0.4) is 0 Å². The number of anilines is 2. The van der Waals surface area contributed by atoms with Crippen molar-refractivity contribution in [3.63, 3.8) is 0 Å². The molecule has 15 heteroatoms. The first-order valence-corrected chi connectivity index (χ1v) is 17.3. The van der Waals surface area contributed by atoms with Crippen molar-refractivity contribution in [3.8, 4) is 22.8 Å². The van der Waals surface area contributed by atoms with E-state index in [1.807, 2.05) is 31.3 Å². The van der Waals surface area contributed by atoms with E-state index in [-0.39, 0.29) is 6.10 Å². The number of ether oxygens (including phenoxy) is 4. The summed E-state index contributed by atoms with van der Waals surface area (Å²) in [4.78, 5) is 11.9. The van der Waals surface area contributed by atoms with E-state index in [2.05, 4.69) is 40.4 Å². The van der Waals surface area contributed by atoms with Gasteiger partial charge in [-0.1, -0.05) is 17.7 Å². The topological polar surface area (TPSA) is 139 Å². The summed E-state index contributed by atoms with van der Waals surface area (Å²) < 4.78 is 27.4. The quantitative estimate of drug-likeness (QED) is 0.220. The lowest BCUT2D eigenvalue weighted by Crippen LogP contribution is -2.45. The fraction of sp³-hybridized carbons (Fsp3) is 0.576. The first-order chi connectivity index (χ1) is 23.6. The third kappa shape index (κ3) is 8.23. The molecule has 3 aromatic heterocycles. The van der Waals surface area contributed by atoms with Crippen molar-refractivity contribution in [2.24, 2.45) is 5.92 Å². The van der Waals surface area contributed by atoms with Crippen molar-refractivity contribution in [1.29, 1.82) is 0 Å². The summed E-state index contributed by atoms with van der Waals surface area (Å²) in [7, 11) is 0. The summed E-state index contributed by atoms with van der Waals surface area (Å²) in [6.07, 6.45) is 13.6. The summed E-state index contributed by atoms with van der Waals surface area (Å²) >= 11 is 6.47. The Labute approximate surface area is 285 Å². The van der Waals surface area contributed by atoms with Gasteiger partial charge in [0.1, 0.15) is 23.9 Å². The van der Waals surface area contributed by atoms with Gasteiger partial charge in [0.15, 0.2) is 0 Å². The second kappa shape index (κ2) is 15.6. The van der Waals surface area contributed by atoms with Crippen LogP contribution in [0.2, 0.25) is 5.02 Å². The van der Waals surface area contributed by atoms with Crippen LogP contribution < -0.4 is 14.8 Å². The minimum Gasteiger partial charge on any atom is -0.487 e. The van der Waals surface area contributed by atoms with Crippen molar-refractivity contribution < 1.29 is 18.9 Å². The van der Waals surface area contributed by atoms with E-state index in [1.165, 1.54) is 0 Å². The number of morpholine rings is 1. The number of aromatic nitrogens is 8. The van der Waals surface area contributed by atoms with Gasteiger partial charge < -0.3 is 24.3 Å². The largest absolute Gasteiger partial charge is 0.487 e. The molecule has 1 aromatic carbocycles. The van der Waals surface area contributed by atoms with Gasteiger partial charge >= 0.3 is 0 Å². The van der Waals surface area contributed by atoms with Gasteiger partial charge in [0.25, 0.3) is 5.88 Å². The Kier molecular flexibility index (Phi) is 10.6. The molecule has 48 heavy (non-hydrogen) atoms. The highest BCUT2D eigenvalue weighted by molar-refractivity contribution is 6.32. The Hall–Kier alpha value is -3.85. The third-order valence-corrected chi connectivity index (χ3v) is 9.65. The molecule has 0 unspecified atom stereocenters. The number of nitrogens with zero attached hydrogens (tertiary/aromatic N) is 9. The van der Waals surface area contributed by atoms with Crippen molar-refractivity contribution in [2.75, 3.05) is 51.4 Å². The number of benzene rings is 1. The number of rotatable bonds is 12. The van der Waals surface area contributed by atoms with Crippen molar-refractivity contribution >= 4 is 23.2 Å². The number of hydrogen-bond acceptors (Lipinski definition) is 12. The molecular weight excluding hydrogens is 636 g/mol. The molecule has 0 amide bonds. The summed E-state index contributed by atoms with van der Waals surface area (Å²) in [5.41, 5.74) is 2.47. The van der Waals surface area contributed by atoms with Crippen LogP contribution in [0.15, 0.2) is 43.1 Å². The zero-order valence-electron chi connectivity index (χ0n) is 27.3. The van der Waals surface area contributed by atoms with Crippen LogP contribution in [-0.2, 0) is 16.0 Å². The Morgan fingerprint density at radius 1 is 1.00 bits per heavy atom. The van der Waals surface area contributed by atoms with Gasteiger partial charge in [0.2, 0.25) is 5.95 Å². The lowest BCUT2D eigenvalue weighted by atomic mass is 9.90. The van der Waals surface area contributed by atoms with E-state index in [4.69, 9.17) is 35.6 Å². The van der Waals surface area contributed by atoms with E-state index in [0.29, 0.717) is 53.8 Å². The highest BCUT2D eigenvalue weighted by Crippen LogP contribution is 2.36.